The molecule has 1 atom stereocenters. The Morgan fingerprint density at radius 1 is 1.29 bits per heavy atom. The number of nitrogens with one attached hydrogen (secondary N) is 2. The van der Waals surface area contributed by atoms with E-state index in [0.717, 1.165) is 45.0 Å². The van der Waals surface area contributed by atoms with Gasteiger partial charge in [-0.25, -0.2) is 0 Å². The van der Waals surface area contributed by atoms with Crippen molar-refractivity contribution in [2.24, 2.45) is 4.99 Å². The smallest absolute Gasteiger partial charge is 0.191 e. The topological polar surface area (TPSA) is 45.6 Å². The predicted octanol–water partition coefficient (Wildman–Crippen LogP) is 2.60. The van der Waals surface area contributed by atoms with E-state index in [4.69, 9.17) is 4.74 Å². The lowest BCUT2D eigenvalue weighted by molar-refractivity contribution is 0.145. The highest BCUT2D eigenvalue weighted by Crippen LogP contribution is 2.04. The van der Waals surface area contributed by atoms with E-state index in [1.807, 2.05) is 14.0 Å². The first-order chi connectivity index (χ1) is 10.3. The van der Waals surface area contributed by atoms with Crippen LogP contribution in [-0.2, 0) is 11.2 Å². The summed E-state index contributed by atoms with van der Waals surface area (Å²) in [6, 6.07) is 11.0. The van der Waals surface area contributed by atoms with E-state index in [0.29, 0.717) is 6.04 Å². The molecule has 1 unspecified atom stereocenters. The van der Waals surface area contributed by atoms with Gasteiger partial charge in [0.05, 0.1) is 0 Å². The Balaban J connectivity index is 2.20. The molecule has 0 aliphatic heterocycles. The Morgan fingerprint density at radius 3 is 2.71 bits per heavy atom. The highest BCUT2D eigenvalue weighted by Gasteiger charge is 2.05. The fraction of sp³-hybridized carbons (Fsp3) is 0.588. The van der Waals surface area contributed by atoms with Crippen LogP contribution in [0, 0.1) is 0 Å². The van der Waals surface area contributed by atoms with Gasteiger partial charge in [0.25, 0.3) is 0 Å². The predicted molar refractivity (Wildman–Crippen MR) is 89.8 cm³/mol. The molecule has 0 saturated carbocycles. The second kappa shape index (κ2) is 11.1. The molecule has 1 aromatic rings. The van der Waals surface area contributed by atoms with Crippen LogP contribution in [0.3, 0.4) is 0 Å². The molecule has 0 aliphatic rings. The summed E-state index contributed by atoms with van der Waals surface area (Å²) in [5.41, 5.74) is 1.38. The maximum atomic E-state index is 5.32. The lowest BCUT2D eigenvalue weighted by Gasteiger charge is -2.18. The van der Waals surface area contributed by atoms with Crippen LogP contribution >= 0.6 is 0 Å². The number of aryl methyl sites for hydroxylation is 1. The average Bonchev–Trinajstić information content (AvgIpc) is 2.52. The molecule has 4 nitrogen and oxygen atoms in total. The lowest BCUT2D eigenvalue weighted by atomic mass is 10.1. The van der Waals surface area contributed by atoms with Crippen LogP contribution in [0.15, 0.2) is 35.3 Å². The van der Waals surface area contributed by atoms with Crippen molar-refractivity contribution in [2.75, 3.05) is 26.8 Å². The van der Waals surface area contributed by atoms with Gasteiger partial charge in [-0.1, -0.05) is 30.3 Å². The monoisotopic (exact) mass is 291 g/mol. The Hall–Kier alpha value is -1.55. The van der Waals surface area contributed by atoms with Gasteiger partial charge in [-0.2, -0.15) is 0 Å². The zero-order chi connectivity index (χ0) is 15.3. The van der Waals surface area contributed by atoms with E-state index in [-0.39, 0.29) is 0 Å². The maximum Gasteiger partial charge on any atom is 0.191 e. The Labute approximate surface area is 129 Å². The number of aliphatic imine (C=N–C) groups is 1. The van der Waals surface area contributed by atoms with Crippen LogP contribution < -0.4 is 10.6 Å². The molecule has 0 heterocycles. The summed E-state index contributed by atoms with van der Waals surface area (Å²) in [5, 5.41) is 6.74. The number of hydrogen-bond acceptors (Lipinski definition) is 2. The first-order valence-corrected chi connectivity index (χ1v) is 7.85. The van der Waals surface area contributed by atoms with Crippen molar-refractivity contribution in [1.29, 1.82) is 0 Å². The second-order valence-corrected chi connectivity index (χ2v) is 5.12. The van der Waals surface area contributed by atoms with Gasteiger partial charge in [-0.15, -0.1) is 0 Å². The van der Waals surface area contributed by atoms with E-state index in [2.05, 4.69) is 52.9 Å². The van der Waals surface area contributed by atoms with Crippen LogP contribution in [0.1, 0.15) is 32.3 Å². The molecule has 0 aromatic heterocycles. The molecule has 0 fully saturated rings. The van der Waals surface area contributed by atoms with Gasteiger partial charge in [0.1, 0.15) is 0 Å². The molecular formula is C17H29N3O. The first kappa shape index (κ1) is 17.5. The van der Waals surface area contributed by atoms with Crippen molar-refractivity contribution >= 4 is 5.96 Å². The Bertz CT molecular complexity index is 392. The highest BCUT2D eigenvalue weighted by molar-refractivity contribution is 5.79. The van der Waals surface area contributed by atoms with Crippen LogP contribution in [-0.4, -0.2) is 38.8 Å². The SMILES string of the molecule is CCOCCCNC(=NC)NC(C)CCc1ccccc1. The van der Waals surface area contributed by atoms with Crippen LogP contribution in [0.25, 0.3) is 0 Å². The molecule has 2 N–H and O–H groups in total. The quantitative estimate of drug-likeness (QED) is 0.418. The molecule has 0 aliphatic carbocycles. The van der Waals surface area contributed by atoms with Crippen molar-refractivity contribution in [3.63, 3.8) is 0 Å². The minimum atomic E-state index is 0.392. The van der Waals surface area contributed by atoms with Gasteiger partial charge < -0.3 is 15.4 Å². The van der Waals surface area contributed by atoms with Gasteiger partial charge in [0.2, 0.25) is 0 Å². The molecule has 0 saturated heterocycles. The number of guanidine groups is 1. The summed E-state index contributed by atoms with van der Waals surface area (Å²) >= 11 is 0. The summed E-state index contributed by atoms with van der Waals surface area (Å²) in [6.45, 7) is 6.66. The molecule has 1 aromatic carbocycles. The third-order valence-electron chi connectivity index (χ3n) is 3.28. The molecule has 0 amide bonds. The minimum Gasteiger partial charge on any atom is -0.382 e. The zero-order valence-corrected chi connectivity index (χ0v) is 13.6. The number of ether oxygens (including phenoxy) is 1. The van der Waals surface area contributed by atoms with E-state index in [1.54, 1.807) is 0 Å². The summed E-state index contributed by atoms with van der Waals surface area (Å²) in [6.07, 6.45) is 3.16. The zero-order valence-electron chi connectivity index (χ0n) is 13.6. The number of rotatable bonds is 9. The summed E-state index contributed by atoms with van der Waals surface area (Å²) in [5.74, 6) is 0.868. The molecule has 4 heteroatoms. The molecule has 1 rings (SSSR count). The van der Waals surface area contributed by atoms with Crippen molar-refractivity contribution < 1.29 is 4.74 Å². The fourth-order valence-electron chi connectivity index (χ4n) is 2.05. The standard InChI is InChI=1S/C17H29N3O/c1-4-21-14-8-13-19-17(18-3)20-15(2)11-12-16-9-6-5-7-10-16/h5-7,9-10,15H,4,8,11-14H2,1-3H3,(H2,18,19,20). The largest absolute Gasteiger partial charge is 0.382 e. The summed E-state index contributed by atoms with van der Waals surface area (Å²) < 4.78 is 5.32. The summed E-state index contributed by atoms with van der Waals surface area (Å²) in [4.78, 5) is 4.25. The minimum absolute atomic E-state index is 0.392. The van der Waals surface area contributed by atoms with Crippen molar-refractivity contribution in [3.8, 4) is 0 Å². The molecule has 118 valence electrons. The highest BCUT2D eigenvalue weighted by atomic mass is 16.5. The molecule has 0 spiro atoms. The average molecular weight is 291 g/mol. The van der Waals surface area contributed by atoms with Gasteiger partial charge in [0, 0.05) is 32.8 Å². The van der Waals surface area contributed by atoms with Crippen molar-refractivity contribution in [3.05, 3.63) is 35.9 Å². The number of benzene rings is 1. The van der Waals surface area contributed by atoms with E-state index in [1.165, 1.54) is 5.56 Å². The van der Waals surface area contributed by atoms with E-state index >= 15 is 0 Å². The van der Waals surface area contributed by atoms with E-state index in [9.17, 15) is 0 Å². The van der Waals surface area contributed by atoms with Crippen molar-refractivity contribution in [2.45, 2.75) is 39.2 Å². The van der Waals surface area contributed by atoms with Crippen LogP contribution in [0.2, 0.25) is 0 Å². The van der Waals surface area contributed by atoms with Gasteiger partial charge in [0.15, 0.2) is 5.96 Å². The molecule has 0 bridgehead atoms. The van der Waals surface area contributed by atoms with Crippen molar-refractivity contribution in [1.82, 2.24) is 10.6 Å². The third-order valence-corrected chi connectivity index (χ3v) is 3.28. The number of hydrogen-bond donors (Lipinski definition) is 2. The fourth-order valence-corrected chi connectivity index (χ4v) is 2.05. The van der Waals surface area contributed by atoms with Crippen LogP contribution in [0.5, 0.6) is 0 Å². The van der Waals surface area contributed by atoms with Gasteiger partial charge in [-0.3, -0.25) is 4.99 Å². The Kier molecular flexibility index (Phi) is 9.29. The van der Waals surface area contributed by atoms with Crippen LogP contribution in [0.4, 0.5) is 0 Å². The molecule has 0 radical (unpaired) electrons. The lowest BCUT2D eigenvalue weighted by Crippen LogP contribution is -2.42. The first-order valence-electron chi connectivity index (χ1n) is 7.85. The molecular weight excluding hydrogens is 262 g/mol. The van der Waals surface area contributed by atoms with E-state index < -0.39 is 0 Å². The van der Waals surface area contributed by atoms with Gasteiger partial charge >= 0.3 is 0 Å². The molecule has 21 heavy (non-hydrogen) atoms. The second-order valence-electron chi connectivity index (χ2n) is 5.12. The third kappa shape index (κ3) is 8.35. The Morgan fingerprint density at radius 2 is 2.05 bits per heavy atom. The maximum absolute atomic E-state index is 5.32. The van der Waals surface area contributed by atoms with Gasteiger partial charge in [-0.05, 0) is 38.7 Å². The number of nitrogens with zero attached hydrogens (tertiary/aromatic N) is 1. The summed E-state index contributed by atoms with van der Waals surface area (Å²) in [7, 11) is 1.81. The normalized spacial score (nSPS) is 13.0.